The van der Waals surface area contributed by atoms with Gasteiger partial charge in [0.15, 0.2) is 0 Å². The molecule has 0 aromatic carbocycles. The lowest BCUT2D eigenvalue weighted by Crippen LogP contribution is -2.58. The summed E-state index contributed by atoms with van der Waals surface area (Å²) in [5.41, 5.74) is -2.61. The molecule has 0 spiro atoms. The molecule has 0 aliphatic carbocycles. The van der Waals surface area contributed by atoms with E-state index in [0.717, 1.165) is 22.0 Å². The zero-order chi connectivity index (χ0) is 36.1. The summed E-state index contributed by atoms with van der Waals surface area (Å²) >= 11 is 13.1. The minimum atomic E-state index is -4.69. The van der Waals surface area contributed by atoms with Crippen LogP contribution in [0.5, 0.6) is 0 Å². The summed E-state index contributed by atoms with van der Waals surface area (Å²) in [5.74, 6) is 0. The number of pyridine rings is 2. The van der Waals surface area contributed by atoms with Crippen molar-refractivity contribution in [1.82, 2.24) is 40.0 Å². The first kappa shape index (κ1) is 36.8. The molecule has 50 heavy (non-hydrogen) atoms. The van der Waals surface area contributed by atoms with E-state index >= 15 is 0 Å². The number of halogens is 5. The van der Waals surface area contributed by atoms with Crippen LogP contribution in [-0.2, 0) is 15.7 Å². The van der Waals surface area contributed by atoms with Crippen molar-refractivity contribution >= 4 is 35.0 Å². The van der Waals surface area contributed by atoms with Crippen molar-refractivity contribution in [3.63, 3.8) is 0 Å². The number of alkyl halides is 3. The summed E-state index contributed by atoms with van der Waals surface area (Å²) in [4.78, 5) is 8.03. The maximum absolute atomic E-state index is 13.1. The first-order valence-corrected chi connectivity index (χ1v) is 16.5. The molecule has 5 unspecified atom stereocenters. The highest BCUT2D eigenvalue weighted by atomic mass is 35.5. The van der Waals surface area contributed by atoms with Gasteiger partial charge in [-0.25, -0.2) is 9.36 Å². The second-order valence-corrected chi connectivity index (χ2v) is 13.6. The van der Waals surface area contributed by atoms with Gasteiger partial charge in [0, 0.05) is 12.4 Å². The predicted molar refractivity (Wildman–Crippen MR) is 167 cm³/mol. The maximum atomic E-state index is 13.1. The van der Waals surface area contributed by atoms with Crippen LogP contribution in [0.25, 0.3) is 22.8 Å². The van der Waals surface area contributed by atoms with Crippen LogP contribution in [0.1, 0.15) is 23.2 Å². The lowest BCUT2D eigenvalue weighted by molar-refractivity contribution is -0.189. The van der Waals surface area contributed by atoms with Gasteiger partial charge < -0.3 is 40.1 Å². The van der Waals surface area contributed by atoms with E-state index in [4.69, 9.17) is 32.7 Å². The Morgan fingerprint density at radius 2 is 1.22 bits per heavy atom. The zero-order valence-corrected chi connectivity index (χ0v) is 27.9. The molecule has 6 N–H and O–H groups in total. The normalized spacial score (nSPS) is 30.5. The fourth-order valence-corrected chi connectivity index (χ4v) is 7.59. The fraction of sp³-hybridized carbons (Fsp3) is 0.500. The Morgan fingerprint density at radius 1 is 0.760 bits per heavy atom. The summed E-state index contributed by atoms with van der Waals surface area (Å²) in [6.45, 7) is 0.409. The van der Waals surface area contributed by atoms with Crippen molar-refractivity contribution in [1.29, 1.82) is 0 Å². The first-order chi connectivity index (χ1) is 23.7. The van der Waals surface area contributed by atoms with Gasteiger partial charge in [0.05, 0.1) is 41.2 Å². The number of rotatable bonds is 8. The van der Waals surface area contributed by atoms with Gasteiger partial charge in [0.1, 0.15) is 82.4 Å². The van der Waals surface area contributed by atoms with Gasteiger partial charge in [0.25, 0.3) is 0 Å². The molecule has 2 fully saturated rings. The molecular formula is C28H29Cl2F3N8O8S. The maximum Gasteiger partial charge on any atom is 0.417 e. The molecule has 0 bridgehead atoms. The molecule has 2 saturated heterocycles. The molecule has 0 radical (unpaired) electrons. The Hall–Kier alpha value is -3.02. The van der Waals surface area contributed by atoms with Crippen molar-refractivity contribution in [2.45, 2.75) is 72.7 Å². The standard InChI is InChI=1S/C28H29Cl2F3N8O8S/c1-10-2-12(29)18(34-4-10)14-6-40(38-36-14)20-22(44)16(8-42)48-26(24(20)46)50-27-25(47)21(23(45)17(9-43)49-27)41-7-15(37-39-41)19-13(30)3-11(5-35-19)28(31,32)33/h2-7,16-17,20-27,42-47H,8-9H2,1H3/t16?,17-,20+,21?,22+,23?,24?,25-,26+,27?/m1/s1. The smallest absolute Gasteiger partial charge is 0.394 e. The lowest BCUT2D eigenvalue weighted by atomic mass is 9.97. The van der Waals surface area contributed by atoms with Gasteiger partial charge in [-0.1, -0.05) is 45.4 Å². The van der Waals surface area contributed by atoms with Crippen LogP contribution in [0.4, 0.5) is 13.2 Å². The number of hydrogen-bond donors (Lipinski definition) is 6. The average molecular weight is 766 g/mol. The third kappa shape index (κ3) is 7.06. The van der Waals surface area contributed by atoms with Gasteiger partial charge in [-0.05, 0) is 24.6 Å². The Labute approximate surface area is 294 Å². The van der Waals surface area contributed by atoms with Gasteiger partial charge in [-0.15, -0.1) is 10.2 Å². The van der Waals surface area contributed by atoms with E-state index in [2.05, 4.69) is 30.6 Å². The number of nitrogens with zero attached hydrogens (tertiary/aromatic N) is 8. The highest BCUT2D eigenvalue weighted by Gasteiger charge is 2.51. The number of thioether (sulfide) groups is 1. The minimum absolute atomic E-state index is 0.0812. The Morgan fingerprint density at radius 3 is 1.64 bits per heavy atom. The number of aryl methyl sites for hydroxylation is 1. The van der Waals surface area contributed by atoms with Crippen LogP contribution in [-0.4, -0.2) is 131 Å². The lowest BCUT2D eigenvalue weighted by Gasteiger charge is -2.46. The van der Waals surface area contributed by atoms with E-state index in [0.29, 0.717) is 23.0 Å². The van der Waals surface area contributed by atoms with Crippen molar-refractivity contribution < 1.29 is 53.3 Å². The number of aromatic nitrogens is 8. The van der Waals surface area contributed by atoms with Crippen LogP contribution in [0.3, 0.4) is 0 Å². The molecule has 0 saturated carbocycles. The van der Waals surface area contributed by atoms with Gasteiger partial charge in [-0.3, -0.25) is 9.97 Å². The third-order valence-corrected chi connectivity index (χ3v) is 10.1. The molecule has 4 aromatic heterocycles. The van der Waals surface area contributed by atoms with E-state index in [1.165, 1.54) is 17.1 Å². The Balaban J connectivity index is 1.25. The number of aliphatic hydroxyl groups excluding tert-OH is 6. The number of aliphatic hydroxyl groups is 6. The van der Waals surface area contributed by atoms with Crippen LogP contribution >= 0.6 is 35.0 Å². The van der Waals surface area contributed by atoms with Crippen LogP contribution < -0.4 is 0 Å². The highest BCUT2D eigenvalue weighted by Crippen LogP contribution is 2.42. The van der Waals surface area contributed by atoms with Crippen LogP contribution in [0.2, 0.25) is 10.0 Å². The van der Waals surface area contributed by atoms with E-state index in [-0.39, 0.29) is 22.1 Å². The molecule has 270 valence electrons. The fourth-order valence-electron chi connectivity index (χ4n) is 5.68. The van der Waals surface area contributed by atoms with Crippen molar-refractivity contribution in [3.05, 3.63) is 58.1 Å². The zero-order valence-electron chi connectivity index (χ0n) is 25.5. The monoisotopic (exact) mass is 764 g/mol. The summed E-state index contributed by atoms with van der Waals surface area (Å²) in [6, 6.07) is -0.245. The summed E-state index contributed by atoms with van der Waals surface area (Å²) in [5, 5.41) is 80.9. The summed E-state index contributed by atoms with van der Waals surface area (Å²) in [7, 11) is 0. The molecule has 4 aromatic rings. The second-order valence-electron chi connectivity index (χ2n) is 11.6. The number of ether oxygens (including phenoxy) is 2. The van der Waals surface area contributed by atoms with E-state index < -0.39 is 84.5 Å². The van der Waals surface area contributed by atoms with E-state index in [1.54, 1.807) is 19.2 Å². The van der Waals surface area contributed by atoms with Crippen LogP contribution in [0.15, 0.2) is 36.9 Å². The molecule has 22 heteroatoms. The van der Waals surface area contributed by atoms with Gasteiger partial charge in [-0.2, -0.15) is 13.2 Å². The van der Waals surface area contributed by atoms with Crippen molar-refractivity contribution in [2.75, 3.05) is 13.2 Å². The minimum Gasteiger partial charge on any atom is -0.394 e. The van der Waals surface area contributed by atoms with Crippen molar-refractivity contribution in [3.8, 4) is 22.8 Å². The Bertz CT molecular complexity index is 1820. The molecule has 16 nitrogen and oxygen atoms in total. The quantitative estimate of drug-likeness (QED) is 0.147. The van der Waals surface area contributed by atoms with Gasteiger partial charge in [0.2, 0.25) is 0 Å². The average Bonchev–Trinajstić information content (AvgIpc) is 3.74. The highest BCUT2D eigenvalue weighted by molar-refractivity contribution is 8.00. The SMILES string of the molecule is Cc1cnc(-c2cn([C@@H]3C(O)[C@H](SC4O[C@H](CO)C(O)C(n5cc(-c6ncc(C(F)(F)F)cc6Cl)nn5)[C@H]4O)OC(CO)[C@@H]3O)nn2)c(Cl)c1. The summed E-state index contributed by atoms with van der Waals surface area (Å²) in [6.07, 6.45) is -8.76. The second kappa shape index (κ2) is 14.5. The molecule has 6 heterocycles. The molecule has 6 rings (SSSR count). The molecule has 2 aliphatic rings. The van der Waals surface area contributed by atoms with Gasteiger partial charge >= 0.3 is 6.18 Å². The molecule has 10 atom stereocenters. The third-order valence-electron chi connectivity index (χ3n) is 8.23. The van der Waals surface area contributed by atoms with Crippen LogP contribution in [0, 0.1) is 6.92 Å². The van der Waals surface area contributed by atoms with Crippen molar-refractivity contribution in [2.24, 2.45) is 0 Å². The topological polar surface area (TPSA) is 227 Å². The largest absolute Gasteiger partial charge is 0.417 e. The molecular weight excluding hydrogens is 736 g/mol. The molecule has 2 aliphatic heterocycles. The number of hydrogen-bond acceptors (Lipinski definition) is 15. The van der Waals surface area contributed by atoms with E-state index in [9.17, 15) is 43.8 Å². The van der Waals surface area contributed by atoms with E-state index in [1.807, 2.05) is 0 Å². The Kier molecular flexibility index (Phi) is 10.7. The molecule has 0 amide bonds. The first-order valence-electron chi connectivity index (χ1n) is 14.8. The predicted octanol–water partition coefficient (Wildman–Crippen LogP) is 1.02. The summed E-state index contributed by atoms with van der Waals surface area (Å²) < 4.78 is 53.1.